The highest BCUT2D eigenvalue weighted by Gasteiger charge is 2.12. The van der Waals surface area contributed by atoms with Gasteiger partial charge in [0.05, 0.1) is 28.8 Å². The van der Waals surface area contributed by atoms with Crippen molar-refractivity contribution in [3.8, 4) is 11.5 Å². The smallest absolute Gasteiger partial charge is 0.337 e. The number of methoxy groups -OCH3 is 1. The fourth-order valence-corrected chi connectivity index (χ4v) is 3.09. The zero-order valence-electron chi connectivity index (χ0n) is 13.9. The highest BCUT2D eigenvalue weighted by atomic mass is 79.9. The Labute approximate surface area is 160 Å². The van der Waals surface area contributed by atoms with Gasteiger partial charge in [-0.25, -0.2) is 4.79 Å². The Kier molecular flexibility index (Phi) is 6.96. The molecular formula is C18H19BrClNO4. The molecule has 2 aromatic rings. The molecule has 5 nitrogen and oxygen atoms in total. The zero-order chi connectivity index (χ0) is 18.4. The molecule has 0 saturated carbocycles. The van der Waals surface area contributed by atoms with E-state index in [0.717, 1.165) is 22.1 Å². The van der Waals surface area contributed by atoms with E-state index in [1.165, 1.54) is 6.07 Å². The van der Waals surface area contributed by atoms with Crippen molar-refractivity contribution in [2.45, 2.75) is 19.9 Å². The number of aromatic carboxylic acids is 1. The summed E-state index contributed by atoms with van der Waals surface area (Å²) < 4.78 is 11.9. The molecule has 0 atom stereocenters. The van der Waals surface area contributed by atoms with Crippen molar-refractivity contribution < 1.29 is 19.4 Å². The summed E-state index contributed by atoms with van der Waals surface area (Å²) in [5.74, 6) is 0.286. The van der Waals surface area contributed by atoms with Crippen LogP contribution in [0.5, 0.6) is 11.5 Å². The average molecular weight is 429 g/mol. The number of carboxylic acids is 1. The van der Waals surface area contributed by atoms with Gasteiger partial charge in [0, 0.05) is 12.2 Å². The Balaban J connectivity index is 2.14. The molecule has 0 aliphatic rings. The summed E-state index contributed by atoms with van der Waals surface area (Å²) in [7, 11) is 1.60. The van der Waals surface area contributed by atoms with Gasteiger partial charge < -0.3 is 19.9 Å². The van der Waals surface area contributed by atoms with Crippen molar-refractivity contribution in [2.24, 2.45) is 0 Å². The molecule has 0 bridgehead atoms. The quantitative estimate of drug-likeness (QED) is 0.604. The number of nitrogens with one attached hydrogen (secondary N) is 1. The maximum Gasteiger partial charge on any atom is 0.337 e. The normalized spacial score (nSPS) is 10.4. The first-order valence-corrected chi connectivity index (χ1v) is 8.89. The van der Waals surface area contributed by atoms with Crippen LogP contribution in [-0.2, 0) is 6.54 Å². The van der Waals surface area contributed by atoms with Crippen LogP contribution in [-0.4, -0.2) is 24.8 Å². The van der Waals surface area contributed by atoms with Crippen molar-refractivity contribution in [3.05, 3.63) is 51.0 Å². The molecule has 2 rings (SSSR count). The molecule has 0 saturated heterocycles. The molecule has 0 aliphatic heterocycles. The first kappa shape index (κ1) is 19.4. The fourth-order valence-electron chi connectivity index (χ4n) is 2.22. The van der Waals surface area contributed by atoms with Gasteiger partial charge in [0.25, 0.3) is 0 Å². The van der Waals surface area contributed by atoms with E-state index in [2.05, 4.69) is 21.2 Å². The lowest BCUT2D eigenvalue weighted by Crippen LogP contribution is -2.04. The SMILES string of the molecule is CCCOc1c(Br)cc(CNc2ccc(C(=O)O)c(Cl)c2)cc1OC. The molecule has 0 spiro atoms. The van der Waals surface area contributed by atoms with Crippen LogP contribution in [0.3, 0.4) is 0 Å². The van der Waals surface area contributed by atoms with E-state index < -0.39 is 5.97 Å². The van der Waals surface area contributed by atoms with Crippen LogP contribution < -0.4 is 14.8 Å². The minimum atomic E-state index is -1.05. The second-order valence-electron chi connectivity index (χ2n) is 5.31. The third kappa shape index (κ3) is 5.03. The van der Waals surface area contributed by atoms with Gasteiger partial charge in [-0.3, -0.25) is 0 Å². The molecule has 0 aromatic heterocycles. The maximum absolute atomic E-state index is 11.0. The Morgan fingerprint density at radius 3 is 2.68 bits per heavy atom. The second kappa shape index (κ2) is 8.97. The Hall–Kier alpha value is -1.92. The number of hydrogen-bond donors (Lipinski definition) is 2. The van der Waals surface area contributed by atoms with E-state index in [4.69, 9.17) is 26.2 Å². The van der Waals surface area contributed by atoms with E-state index in [1.807, 2.05) is 19.1 Å². The van der Waals surface area contributed by atoms with Gasteiger partial charge in [-0.2, -0.15) is 0 Å². The van der Waals surface area contributed by atoms with Crippen LogP contribution in [0.1, 0.15) is 29.3 Å². The number of rotatable bonds is 8. The van der Waals surface area contributed by atoms with Gasteiger partial charge in [-0.15, -0.1) is 0 Å². The summed E-state index contributed by atoms with van der Waals surface area (Å²) >= 11 is 9.50. The predicted molar refractivity (Wildman–Crippen MR) is 102 cm³/mol. The number of carbonyl (C=O) groups is 1. The van der Waals surface area contributed by atoms with Crippen LogP contribution in [0.15, 0.2) is 34.8 Å². The van der Waals surface area contributed by atoms with Crippen LogP contribution >= 0.6 is 27.5 Å². The molecule has 2 aromatic carbocycles. The van der Waals surface area contributed by atoms with Crippen LogP contribution in [0.25, 0.3) is 0 Å². The number of benzene rings is 2. The lowest BCUT2D eigenvalue weighted by atomic mass is 10.1. The largest absolute Gasteiger partial charge is 0.493 e. The van der Waals surface area contributed by atoms with Crippen molar-refractivity contribution >= 4 is 39.2 Å². The molecule has 0 amide bonds. The van der Waals surface area contributed by atoms with Crippen LogP contribution in [0.4, 0.5) is 5.69 Å². The lowest BCUT2D eigenvalue weighted by molar-refractivity contribution is 0.0697. The molecule has 0 heterocycles. The highest BCUT2D eigenvalue weighted by Crippen LogP contribution is 2.37. The summed E-state index contributed by atoms with van der Waals surface area (Å²) in [6.07, 6.45) is 0.909. The topological polar surface area (TPSA) is 67.8 Å². The monoisotopic (exact) mass is 427 g/mol. The summed E-state index contributed by atoms with van der Waals surface area (Å²) in [5, 5.41) is 12.4. The molecule has 0 radical (unpaired) electrons. The molecule has 0 fully saturated rings. The molecular weight excluding hydrogens is 410 g/mol. The highest BCUT2D eigenvalue weighted by molar-refractivity contribution is 9.10. The van der Waals surface area contributed by atoms with Crippen LogP contribution in [0, 0.1) is 0 Å². The van der Waals surface area contributed by atoms with Gasteiger partial charge in [-0.1, -0.05) is 18.5 Å². The molecule has 7 heteroatoms. The lowest BCUT2D eigenvalue weighted by Gasteiger charge is -2.15. The average Bonchev–Trinajstić information content (AvgIpc) is 2.58. The number of halogens is 2. The van der Waals surface area contributed by atoms with Crippen molar-refractivity contribution in [1.29, 1.82) is 0 Å². The molecule has 2 N–H and O–H groups in total. The predicted octanol–water partition coefficient (Wildman–Crippen LogP) is 5.21. The van der Waals surface area contributed by atoms with E-state index >= 15 is 0 Å². The van der Waals surface area contributed by atoms with Crippen molar-refractivity contribution in [1.82, 2.24) is 0 Å². The minimum absolute atomic E-state index is 0.0778. The summed E-state index contributed by atoms with van der Waals surface area (Å²) in [5.41, 5.74) is 1.79. The maximum atomic E-state index is 11.0. The summed E-state index contributed by atoms with van der Waals surface area (Å²) in [6.45, 7) is 3.17. The molecule has 0 aliphatic carbocycles. The first-order chi connectivity index (χ1) is 12.0. The van der Waals surface area contributed by atoms with Crippen molar-refractivity contribution in [2.75, 3.05) is 19.0 Å². The van der Waals surface area contributed by atoms with Gasteiger partial charge >= 0.3 is 5.97 Å². The Morgan fingerprint density at radius 1 is 1.32 bits per heavy atom. The van der Waals surface area contributed by atoms with Gasteiger partial charge in [0.1, 0.15) is 0 Å². The van der Waals surface area contributed by atoms with Gasteiger partial charge in [-0.05, 0) is 58.2 Å². The fraction of sp³-hybridized carbons (Fsp3) is 0.278. The molecule has 0 unspecified atom stereocenters. The number of anilines is 1. The number of ether oxygens (including phenoxy) is 2. The summed E-state index contributed by atoms with van der Waals surface area (Å²) in [6, 6.07) is 8.60. The van der Waals surface area contributed by atoms with E-state index in [-0.39, 0.29) is 10.6 Å². The Morgan fingerprint density at radius 2 is 2.08 bits per heavy atom. The van der Waals surface area contributed by atoms with E-state index in [1.54, 1.807) is 19.2 Å². The Bertz CT molecular complexity index is 767. The van der Waals surface area contributed by atoms with Gasteiger partial charge in [0.2, 0.25) is 0 Å². The van der Waals surface area contributed by atoms with Crippen LogP contribution in [0.2, 0.25) is 5.02 Å². The van der Waals surface area contributed by atoms with Crippen molar-refractivity contribution in [3.63, 3.8) is 0 Å². The third-order valence-corrected chi connectivity index (χ3v) is 4.34. The minimum Gasteiger partial charge on any atom is -0.493 e. The third-order valence-electron chi connectivity index (χ3n) is 3.44. The number of carboxylic acid groups (broad SMARTS) is 1. The molecule has 134 valence electrons. The second-order valence-corrected chi connectivity index (χ2v) is 6.57. The molecule has 25 heavy (non-hydrogen) atoms. The van der Waals surface area contributed by atoms with Gasteiger partial charge in [0.15, 0.2) is 11.5 Å². The standard InChI is InChI=1S/C18H19BrClNO4/c1-3-6-25-17-14(19)7-11(8-16(17)24-2)10-21-12-4-5-13(18(22)23)15(20)9-12/h4-5,7-9,21H,3,6,10H2,1-2H3,(H,22,23). The first-order valence-electron chi connectivity index (χ1n) is 7.72. The summed E-state index contributed by atoms with van der Waals surface area (Å²) in [4.78, 5) is 11.0. The van der Waals surface area contributed by atoms with E-state index in [0.29, 0.717) is 24.7 Å². The van der Waals surface area contributed by atoms with E-state index in [9.17, 15) is 4.79 Å². The number of hydrogen-bond acceptors (Lipinski definition) is 4. The zero-order valence-corrected chi connectivity index (χ0v) is 16.3.